The molecule has 2 amide bonds. The summed E-state index contributed by atoms with van der Waals surface area (Å²) in [5, 5.41) is 2.65. The highest BCUT2D eigenvalue weighted by Crippen LogP contribution is 2.35. The Kier molecular flexibility index (Phi) is 9.42. The number of nitrogens with zero attached hydrogens (tertiary/aromatic N) is 2. The third-order valence-corrected chi connectivity index (χ3v) is 8.29. The van der Waals surface area contributed by atoms with Gasteiger partial charge in [-0.25, -0.2) is 8.42 Å². The van der Waals surface area contributed by atoms with E-state index in [1.807, 2.05) is 0 Å². The van der Waals surface area contributed by atoms with Crippen LogP contribution < -0.4 is 14.4 Å². The van der Waals surface area contributed by atoms with Crippen LogP contribution in [0.15, 0.2) is 77.7 Å². The Morgan fingerprint density at radius 2 is 1.68 bits per heavy atom. The lowest BCUT2D eigenvalue weighted by Crippen LogP contribution is -2.50. The van der Waals surface area contributed by atoms with Crippen molar-refractivity contribution in [2.24, 2.45) is 0 Å². The summed E-state index contributed by atoms with van der Waals surface area (Å²) >= 11 is 12.6. The molecule has 11 heteroatoms. The number of methoxy groups -OCH3 is 1. The first-order valence-corrected chi connectivity index (χ1v) is 13.5. The molecular formula is C26H27Cl2N3O5S. The molecule has 0 saturated carbocycles. The third kappa shape index (κ3) is 6.54. The molecule has 3 rings (SSSR count). The van der Waals surface area contributed by atoms with Crippen molar-refractivity contribution in [1.29, 1.82) is 0 Å². The maximum Gasteiger partial charge on any atom is 0.264 e. The van der Waals surface area contributed by atoms with Crippen LogP contribution in [-0.2, 0) is 26.2 Å². The molecule has 8 nitrogen and oxygen atoms in total. The van der Waals surface area contributed by atoms with Crippen LogP contribution in [0.3, 0.4) is 0 Å². The lowest BCUT2D eigenvalue weighted by atomic mass is 10.1. The molecule has 3 aromatic carbocycles. The predicted molar refractivity (Wildman–Crippen MR) is 145 cm³/mol. The largest absolute Gasteiger partial charge is 0.497 e. The summed E-state index contributed by atoms with van der Waals surface area (Å²) in [7, 11) is -1.25. The van der Waals surface area contributed by atoms with E-state index in [1.165, 1.54) is 43.3 Å². The van der Waals surface area contributed by atoms with E-state index in [9.17, 15) is 18.0 Å². The minimum atomic E-state index is -4.23. The number of carbonyl (C=O) groups excluding carboxylic acids is 2. The first-order chi connectivity index (χ1) is 17.6. The highest BCUT2D eigenvalue weighted by Gasteiger charge is 2.33. The van der Waals surface area contributed by atoms with Crippen LogP contribution in [0.25, 0.3) is 0 Å². The van der Waals surface area contributed by atoms with Crippen molar-refractivity contribution < 1.29 is 22.7 Å². The molecule has 0 aliphatic heterocycles. The van der Waals surface area contributed by atoms with Crippen LogP contribution in [0.5, 0.6) is 5.75 Å². The van der Waals surface area contributed by atoms with Gasteiger partial charge in [-0.3, -0.25) is 13.9 Å². The van der Waals surface area contributed by atoms with Crippen LogP contribution in [0.1, 0.15) is 12.5 Å². The van der Waals surface area contributed by atoms with Crippen LogP contribution >= 0.6 is 23.2 Å². The maximum absolute atomic E-state index is 13.8. The number of likely N-dealkylation sites (N-methyl/N-ethyl adjacent to an activating group) is 1. The Bertz CT molecular complexity index is 1370. The molecule has 0 heterocycles. The quantitative estimate of drug-likeness (QED) is 0.395. The Labute approximate surface area is 226 Å². The molecule has 0 bridgehead atoms. The van der Waals surface area contributed by atoms with E-state index in [-0.39, 0.29) is 27.2 Å². The zero-order valence-electron chi connectivity index (χ0n) is 20.5. The molecule has 0 aromatic heterocycles. The topological polar surface area (TPSA) is 96.0 Å². The number of anilines is 1. The zero-order valence-corrected chi connectivity index (χ0v) is 22.8. The summed E-state index contributed by atoms with van der Waals surface area (Å²) in [6.07, 6.45) is 0. The molecular weight excluding hydrogens is 537 g/mol. The van der Waals surface area contributed by atoms with Gasteiger partial charge in [0.2, 0.25) is 11.8 Å². The highest BCUT2D eigenvalue weighted by atomic mass is 35.5. The van der Waals surface area contributed by atoms with Gasteiger partial charge >= 0.3 is 0 Å². The molecule has 3 aromatic rings. The summed E-state index contributed by atoms with van der Waals surface area (Å²) in [4.78, 5) is 27.6. The first kappa shape index (κ1) is 28.3. The number of benzene rings is 3. The van der Waals surface area contributed by atoms with Crippen LogP contribution in [0, 0.1) is 0 Å². The summed E-state index contributed by atoms with van der Waals surface area (Å²) in [6.45, 7) is 0.981. The van der Waals surface area contributed by atoms with Crippen molar-refractivity contribution in [1.82, 2.24) is 10.2 Å². The summed E-state index contributed by atoms with van der Waals surface area (Å²) in [5.41, 5.74) is 0.738. The standard InChI is InChI=1S/C26H27Cl2N3O5S/c1-18(26(33)29-2)30(16-19-9-7-10-20(15-19)36-3)24(32)17-31(23-14-8-13-22(27)25(23)28)37(34,35)21-11-5-4-6-12-21/h4-15,18H,16-17H2,1-3H3,(H,29,33)/t18-/m1/s1. The number of rotatable bonds is 10. The zero-order chi connectivity index (χ0) is 27.2. The SMILES string of the molecule is CNC(=O)[C@@H](C)N(Cc1cccc(OC)c1)C(=O)CN(c1cccc(Cl)c1Cl)S(=O)(=O)c1ccccc1. The number of halogens is 2. The Morgan fingerprint density at radius 1 is 1.00 bits per heavy atom. The first-order valence-electron chi connectivity index (χ1n) is 11.3. The van der Waals surface area contributed by atoms with Gasteiger partial charge < -0.3 is 15.0 Å². The van der Waals surface area contributed by atoms with Crippen molar-refractivity contribution in [2.75, 3.05) is 25.0 Å². The van der Waals surface area contributed by atoms with E-state index in [0.29, 0.717) is 11.3 Å². The van der Waals surface area contributed by atoms with E-state index in [4.69, 9.17) is 27.9 Å². The minimum Gasteiger partial charge on any atom is -0.497 e. The fourth-order valence-electron chi connectivity index (χ4n) is 3.68. The molecule has 0 radical (unpaired) electrons. The van der Waals surface area contributed by atoms with Gasteiger partial charge in [-0.15, -0.1) is 0 Å². The average molecular weight is 564 g/mol. The van der Waals surface area contributed by atoms with Gasteiger partial charge in [-0.1, -0.05) is 59.6 Å². The molecule has 0 aliphatic rings. The predicted octanol–water partition coefficient (Wildman–Crippen LogP) is 4.36. The summed E-state index contributed by atoms with van der Waals surface area (Å²) in [5.74, 6) is -0.444. The van der Waals surface area contributed by atoms with Gasteiger partial charge in [0.1, 0.15) is 18.3 Å². The number of ether oxygens (including phenoxy) is 1. The normalized spacial score (nSPS) is 11.9. The number of amides is 2. The van der Waals surface area contributed by atoms with Crippen molar-refractivity contribution in [2.45, 2.75) is 24.4 Å². The third-order valence-electron chi connectivity index (χ3n) is 5.71. The second-order valence-corrected chi connectivity index (χ2v) is 10.7. The van der Waals surface area contributed by atoms with Gasteiger partial charge in [0.15, 0.2) is 0 Å². The van der Waals surface area contributed by atoms with Crippen molar-refractivity contribution in [3.05, 3.63) is 88.4 Å². The van der Waals surface area contributed by atoms with E-state index >= 15 is 0 Å². The molecule has 0 saturated heterocycles. The van der Waals surface area contributed by atoms with Crippen LogP contribution in [-0.4, -0.2) is 51.9 Å². The fraction of sp³-hybridized carbons (Fsp3) is 0.231. The Balaban J connectivity index is 2.07. The van der Waals surface area contributed by atoms with E-state index in [2.05, 4.69) is 5.32 Å². The van der Waals surface area contributed by atoms with Crippen LogP contribution in [0.2, 0.25) is 10.0 Å². The molecule has 37 heavy (non-hydrogen) atoms. The van der Waals surface area contributed by atoms with Crippen molar-refractivity contribution in [3.63, 3.8) is 0 Å². The van der Waals surface area contributed by atoms with Gasteiger partial charge in [-0.05, 0) is 48.9 Å². The number of hydrogen-bond donors (Lipinski definition) is 1. The summed E-state index contributed by atoms with van der Waals surface area (Å²) in [6, 6.07) is 18.4. The fourth-order valence-corrected chi connectivity index (χ4v) is 5.57. The Morgan fingerprint density at radius 3 is 2.32 bits per heavy atom. The van der Waals surface area contributed by atoms with Crippen molar-refractivity contribution >= 4 is 50.7 Å². The number of carbonyl (C=O) groups is 2. The van der Waals surface area contributed by atoms with E-state index < -0.39 is 34.4 Å². The second kappa shape index (κ2) is 12.3. The lowest BCUT2D eigenvalue weighted by molar-refractivity contribution is -0.139. The average Bonchev–Trinajstić information content (AvgIpc) is 2.91. The number of hydrogen-bond acceptors (Lipinski definition) is 5. The summed E-state index contributed by atoms with van der Waals surface area (Å²) < 4.78 is 33.6. The van der Waals surface area contributed by atoms with Gasteiger partial charge in [0.05, 0.1) is 27.7 Å². The van der Waals surface area contributed by atoms with Crippen LogP contribution in [0.4, 0.5) is 5.69 Å². The smallest absolute Gasteiger partial charge is 0.264 e. The van der Waals surface area contributed by atoms with E-state index in [0.717, 1.165) is 4.31 Å². The van der Waals surface area contributed by atoms with Gasteiger partial charge in [0, 0.05) is 13.6 Å². The molecule has 0 fully saturated rings. The molecule has 0 aliphatic carbocycles. The Hall–Kier alpha value is -3.27. The molecule has 196 valence electrons. The number of nitrogens with one attached hydrogen (secondary N) is 1. The highest BCUT2D eigenvalue weighted by molar-refractivity contribution is 7.92. The second-order valence-electron chi connectivity index (χ2n) is 8.06. The molecule has 1 N–H and O–H groups in total. The lowest BCUT2D eigenvalue weighted by Gasteiger charge is -2.32. The molecule has 0 unspecified atom stereocenters. The maximum atomic E-state index is 13.8. The minimum absolute atomic E-state index is 0.0184. The van der Waals surface area contributed by atoms with E-state index in [1.54, 1.807) is 55.5 Å². The number of sulfonamides is 1. The van der Waals surface area contributed by atoms with Gasteiger partial charge in [-0.2, -0.15) is 0 Å². The molecule has 1 atom stereocenters. The van der Waals surface area contributed by atoms with Crippen molar-refractivity contribution in [3.8, 4) is 5.75 Å². The van der Waals surface area contributed by atoms with Gasteiger partial charge in [0.25, 0.3) is 10.0 Å². The molecule has 0 spiro atoms. The monoisotopic (exact) mass is 563 g/mol.